The van der Waals surface area contributed by atoms with E-state index in [2.05, 4.69) is 16.0 Å². The third-order valence-electron chi connectivity index (χ3n) is 4.55. The van der Waals surface area contributed by atoms with Crippen molar-refractivity contribution >= 4 is 11.8 Å². The SMILES string of the molecule is O=C(COc1ccccc1-c1ccccc1)NNC(=O)c1ccccc1-n1cccn1. The van der Waals surface area contributed by atoms with Gasteiger partial charge in [-0.1, -0.05) is 60.7 Å². The van der Waals surface area contributed by atoms with Crippen LogP contribution < -0.4 is 15.6 Å². The number of ether oxygens (including phenoxy) is 1. The van der Waals surface area contributed by atoms with Gasteiger partial charge in [0.05, 0.1) is 11.3 Å². The van der Waals surface area contributed by atoms with E-state index in [4.69, 9.17) is 4.74 Å². The molecule has 4 rings (SSSR count). The van der Waals surface area contributed by atoms with Crippen LogP contribution in [0.15, 0.2) is 97.3 Å². The van der Waals surface area contributed by atoms with E-state index in [1.54, 1.807) is 47.4 Å². The van der Waals surface area contributed by atoms with Gasteiger partial charge in [0.25, 0.3) is 11.8 Å². The summed E-state index contributed by atoms with van der Waals surface area (Å²) in [5, 5.41) is 4.15. The number of nitrogens with one attached hydrogen (secondary N) is 2. The van der Waals surface area contributed by atoms with Crippen molar-refractivity contribution in [3.63, 3.8) is 0 Å². The lowest BCUT2D eigenvalue weighted by atomic mass is 10.1. The molecule has 0 aliphatic carbocycles. The van der Waals surface area contributed by atoms with Gasteiger partial charge in [-0.15, -0.1) is 0 Å². The largest absolute Gasteiger partial charge is 0.483 e. The summed E-state index contributed by atoms with van der Waals surface area (Å²) >= 11 is 0. The number of aromatic nitrogens is 2. The van der Waals surface area contributed by atoms with Crippen molar-refractivity contribution in [2.24, 2.45) is 0 Å². The predicted octanol–water partition coefficient (Wildman–Crippen LogP) is 3.38. The van der Waals surface area contributed by atoms with Gasteiger partial charge in [-0.2, -0.15) is 5.10 Å². The smallest absolute Gasteiger partial charge is 0.276 e. The highest BCUT2D eigenvalue weighted by Crippen LogP contribution is 2.29. The molecule has 4 aromatic rings. The van der Waals surface area contributed by atoms with E-state index < -0.39 is 11.8 Å². The van der Waals surface area contributed by atoms with Crippen LogP contribution in [-0.4, -0.2) is 28.2 Å². The molecule has 1 heterocycles. The van der Waals surface area contributed by atoms with Crippen LogP contribution in [0.25, 0.3) is 16.8 Å². The van der Waals surface area contributed by atoms with Crippen LogP contribution in [-0.2, 0) is 4.79 Å². The third-order valence-corrected chi connectivity index (χ3v) is 4.55. The Morgan fingerprint density at radius 1 is 0.839 bits per heavy atom. The molecule has 2 amide bonds. The number of carbonyl (C=O) groups excluding carboxylic acids is 2. The highest BCUT2D eigenvalue weighted by atomic mass is 16.5. The standard InChI is InChI=1S/C24H20N4O3/c29-23(17-31-22-14-7-5-11-19(22)18-9-2-1-3-10-18)26-27-24(30)20-12-4-6-13-21(20)28-16-8-15-25-28/h1-16H,17H2,(H,26,29)(H,27,30). The van der Waals surface area contributed by atoms with Gasteiger partial charge >= 0.3 is 0 Å². The van der Waals surface area contributed by atoms with E-state index in [0.29, 0.717) is 17.0 Å². The number of hydrogen-bond donors (Lipinski definition) is 2. The van der Waals surface area contributed by atoms with Crippen molar-refractivity contribution in [1.82, 2.24) is 20.6 Å². The maximum absolute atomic E-state index is 12.6. The van der Waals surface area contributed by atoms with Crippen molar-refractivity contribution in [2.75, 3.05) is 6.61 Å². The molecule has 0 unspecified atom stereocenters. The van der Waals surface area contributed by atoms with Crippen molar-refractivity contribution in [2.45, 2.75) is 0 Å². The molecule has 1 aromatic heterocycles. The molecule has 154 valence electrons. The second-order valence-electron chi connectivity index (χ2n) is 6.62. The van der Waals surface area contributed by atoms with Gasteiger partial charge in [0.1, 0.15) is 5.75 Å². The van der Waals surface area contributed by atoms with Gasteiger partial charge < -0.3 is 4.74 Å². The molecule has 0 saturated carbocycles. The molecule has 0 spiro atoms. The second-order valence-corrected chi connectivity index (χ2v) is 6.62. The Morgan fingerprint density at radius 2 is 1.58 bits per heavy atom. The first-order valence-electron chi connectivity index (χ1n) is 9.68. The minimum absolute atomic E-state index is 0.245. The van der Waals surface area contributed by atoms with Crippen LogP contribution in [0.2, 0.25) is 0 Å². The Labute approximate surface area is 179 Å². The van der Waals surface area contributed by atoms with Gasteiger partial charge in [-0.3, -0.25) is 20.4 Å². The third kappa shape index (κ3) is 4.79. The zero-order chi connectivity index (χ0) is 21.5. The summed E-state index contributed by atoms with van der Waals surface area (Å²) in [6, 6.07) is 26.0. The number of para-hydroxylation sites is 2. The number of benzene rings is 3. The molecule has 0 fully saturated rings. The van der Waals surface area contributed by atoms with Gasteiger partial charge in [-0.05, 0) is 29.8 Å². The second kappa shape index (κ2) is 9.41. The van der Waals surface area contributed by atoms with E-state index in [1.165, 1.54) is 0 Å². The number of nitrogens with zero attached hydrogens (tertiary/aromatic N) is 2. The average molecular weight is 412 g/mol. The highest BCUT2D eigenvalue weighted by molar-refractivity contribution is 5.98. The molecule has 3 aromatic carbocycles. The molecular formula is C24H20N4O3. The zero-order valence-electron chi connectivity index (χ0n) is 16.6. The Balaban J connectivity index is 1.37. The van der Waals surface area contributed by atoms with Crippen LogP contribution in [0, 0.1) is 0 Å². The Kier molecular flexibility index (Phi) is 6.04. The fourth-order valence-corrected chi connectivity index (χ4v) is 3.10. The summed E-state index contributed by atoms with van der Waals surface area (Å²) in [7, 11) is 0. The van der Waals surface area contributed by atoms with Crippen molar-refractivity contribution < 1.29 is 14.3 Å². The van der Waals surface area contributed by atoms with E-state index in [9.17, 15) is 9.59 Å². The lowest BCUT2D eigenvalue weighted by molar-refractivity contribution is -0.123. The number of rotatable bonds is 6. The first-order chi connectivity index (χ1) is 15.2. The molecule has 0 aliphatic heterocycles. The predicted molar refractivity (Wildman–Crippen MR) is 117 cm³/mol. The van der Waals surface area contributed by atoms with E-state index in [-0.39, 0.29) is 6.61 Å². The maximum Gasteiger partial charge on any atom is 0.276 e. The summed E-state index contributed by atoms with van der Waals surface area (Å²) < 4.78 is 7.28. The molecule has 7 nitrogen and oxygen atoms in total. The first kappa shape index (κ1) is 19.9. The Hall–Kier alpha value is -4.39. The summed E-state index contributed by atoms with van der Waals surface area (Å²) in [6.45, 7) is -0.245. The molecule has 31 heavy (non-hydrogen) atoms. The lowest BCUT2D eigenvalue weighted by Crippen LogP contribution is -2.44. The van der Waals surface area contributed by atoms with Crippen LogP contribution in [0.4, 0.5) is 0 Å². The van der Waals surface area contributed by atoms with Gasteiger partial charge in [0.2, 0.25) is 0 Å². The number of hydrazine groups is 1. The summed E-state index contributed by atoms with van der Waals surface area (Å²) in [5.41, 5.74) is 7.66. The van der Waals surface area contributed by atoms with Gasteiger partial charge in [0, 0.05) is 18.0 Å². The normalized spacial score (nSPS) is 10.3. The lowest BCUT2D eigenvalue weighted by Gasteiger charge is -2.13. The van der Waals surface area contributed by atoms with E-state index >= 15 is 0 Å². The highest BCUT2D eigenvalue weighted by Gasteiger charge is 2.14. The van der Waals surface area contributed by atoms with Crippen molar-refractivity contribution in [1.29, 1.82) is 0 Å². The molecule has 0 bridgehead atoms. The number of carbonyl (C=O) groups is 2. The molecule has 0 radical (unpaired) electrons. The first-order valence-corrected chi connectivity index (χ1v) is 9.68. The van der Waals surface area contributed by atoms with Crippen LogP contribution in [0.3, 0.4) is 0 Å². The van der Waals surface area contributed by atoms with Gasteiger partial charge in [-0.25, -0.2) is 4.68 Å². The molecule has 0 atom stereocenters. The molecular weight excluding hydrogens is 392 g/mol. The number of amides is 2. The summed E-state index contributed by atoms with van der Waals surface area (Å²) in [5.74, 6) is -0.351. The van der Waals surface area contributed by atoms with Gasteiger partial charge in [0.15, 0.2) is 6.61 Å². The van der Waals surface area contributed by atoms with Crippen LogP contribution >= 0.6 is 0 Å². The molecule has 0 aliphatic rings. The van der Waals surface area contributed by atoms with E-state index in [0.717, 1.165) is 11.1 Å². The monoisotopic (exact) mass is 412 g/mol. The van der Waals surface area contributed by atoms with Crippen molar-refractivity contribution in [3.05, 3.63) is 103 Å². The Bertz CT molecular complexity index is 1170. The minimum Gasteiger partial charge on any atom is -0.483 e. The maximum atomic E-state index is 12.6. The number of hydrogen-bond acceptors (Lipinski definition) is 4. The molecule has 7 heteroatoms. The topological polar surface area (TPSA) is 85.3 Å². The summed E-state index contributed by atoms with van der Waals surface area (Å²) in [6.07, 6.45) is 3.36. The average Bonchev–Trinajstić information content (AvgIpc) is 3.37. The van der Waals surface area contributed by atoms with Crippen LogP contribution in [0.1, 0.15) is 10.4 Å². The Morgan fingerprint density at radius 3 is 2.39 bits per heavy atom. The van der Waals surface area contributed by atoms with Crippen LogP contribution in [0.5, 0.6) is 5.75 Å². The fraction of sp³-hybridized carbons (Fsp3) is 0.0417. The fourth-order valence-electron chi connectivity index (χ4n) is 3.10. The zero-order valence-corrected chi connectivity index (χ0v) is 16.6. The molecule has 2 N–H and O–H groups in total. The molecule has 0 saturated heterocycles. The quantitative estimate of drug-likeness (QED) is 0.476. The summed E-state index contributed by atoms with van der Waals surface area (Å²) in [4.78, 5) is 24.8. The minimum atomic E-state index is -0.479. The van der Waals surface area contributed by atoms with E-state index in [1.807, 2.05) is 54.6 Å². The van der Waals surface area contributed by atoms with Crippen molar-refractivity contribution in [3.8, 4) is 22.6 Å².